The molecular weight excluding hydrogens is 457 g/mol. The molecule has 6 nitrogen and oxygen atoms in total. The third-order valence-corrected chi connectivity index (χ3v) is 5.63. The van der Waals surface area contributed by atoms with Gasteiger partial charge in [-0.25, -0.2) is 13.2 Å². The molecule has 0 unspecified atom stereocenters. The number of β-amino-alcohol motifs (C(OH)–C–C–N with tert-alkyl or cyclic N) is 1. The summed E-state index contributed by atoms with van der Waals surface area (Å²) in [6.45, 7) is 7.90. The van der Waals surface area contributed by atoms with Crippen molar-refractivity contribution in [1.29, 1.82) is 0 Å². The second-order valence-electron chi connectivity index (χ2n) is 8.96. The summed E-state index contributed by atoms with van der Waals surface area (Å²) in [5.74, 6) is -3.64. The molecule has 1 amide bonds. The highest BCUT2D eigenvalue weighted by atomic mass is 19.2. The second-order valence-corrected chi connectivity index (χ2v) is 8.96. The van der Waals surface area contributed by atoms with Gasteiger partial charge in [-0.3, -0.25) is 4.79 Å². The number of aliphatic hydroxyl groups is 1. The first-order valence-corrected chi connectivity index (χ1v) is 12.0. The van der Waals surface area contributed by atoms with E-state index in [1.54, 1.807) is 13.0 Å². The van der Waals surface area contributed by atoms with Crippen molar-refractivity contribution in [3.8, 4) is 0 Å². The molecule has 194 valence electrons. The average molecular weight is 495 g/mol. The largest absolute Gasteiger partial charge is 0.385 e. The maximum Gasteiger partial charge on any atom is 0.256 e. The summed E-state index contributed by atoms with van der Waals surface area (Å²) in [7, 11) is 4.03. The fourth-order valence-corrected chi connectivity index (χ4v) is 3.80. The summed E-state index contributed by atoms with van der Waals surface area (Å²) >= 11 is 0. The van der Waals surface area contributed by atoms with E-state index in [2.05, 4.69) is 15.5 Å². The van der Waals surface area contributed by atoms with Gasteiger partial charge >= 0.3 is 0 Å². The van der Waals surface area contributed by atoms with E-state index in [1.165, 1.54) is 17.0 Å². The van der Waals surface area contributed by atoms with Crippen LogP contribution in [0.1, 0.15) is 42.6 Å². The van der Waals surface area contributed by atoms with E-state index in [9.17, 15) is 23.1 Å². The number of nitrogens with one attached hydrogen (secondary N) is 2. The number of unbranched alkanes of at least 4 members (excludes halogenated alkanes) is 1. The fourth-order valence-electron chi connectivity index (χ4n) is 3.80. The molecule has 0 aromatic heterocycles. The molecule has 35 heavy (non-hydrogen) atoms. The zero-order chi connectivity index (χ0) is 26.2. The van der Waals surface area contributed by atoms with Crippen molar-refractivity contribution < 1.29 is 23.1 Å². The van der Waals surface area contributed by atoms with E-state index in [1.807, 2.05) is 27.9 Å². The maximum atomic E-state index is 14.6. The van der Waals surface area contributed by atoms with Crippen molar-refractivity contribution in [2.75, 3.05) is 52.1 Å². The summed E-state index contributed by atoms with van der Waals surface area (Å²) in [6.07, 6.45) is 2.01. The maximum absolute atomic E-state index is 14.6. The van der Waals surface area contributed by atoms with E-state index < -0.39 is 34.6 Å². The number of carbonyl (C=O) groups is 1. The molecule has 0 aliphatic carbocycles. The number of anilines is 2. The van der Waals surface area contributed by atoms with Crippen LogP contribution in [0.4, 0.5) is 24.5 Å². The molecule has 0 atom stereocenters. The highest BCUT2D eigenvalue weighted by Crippen LogP contribution is 2.31. The number of aryl methyl sites for hydroxylation is 1. The van der Waals surface area contributed by atoms with Crippen molar-refractivity contribution in [3.05, 3.63) is 58.9 Å². The Balaban J connectivity index is 0.00000210. The topological polar surface area (TPSA) is 67.8 Å². The van der Waals surface area contributed by atoms with Crippen LogP contribution in [0.25, 0.3) is 0 Å². The first-order chi connectivity index (χ1) is 16.6. The van der Waals surface area contributed by atoms with Gasteiger partial charge in [0, 0.05) is 6.54 Å². The number of halogens is 3. The number of amides is 1. The summed E-state index contributed by atoms with van der Waals surface area (Å²) in [5.41, 5.74) is -1.05. The molecule has 1 fully saturated rings. The standard InChI is InChI=1S/C24H31F3N4O2.C2H6/c1-16-6-9-20(19(26)12-16)29-22-17(7-8-18(25)21(22)27)23(32)31-14-24(33,15-31)13-28-10-4-5-11-30(2)3;1-2/h6-9,12,28-29,33H,4-5,10-11,13-15H2,1-3H3;1-2H3. The first-order valence-electron chi connectivity index (χ1n) is 12.0. The number of hydrogen-bond donors (Lipinski definition) is 3. The van der Waals surface area contributed by atoms with Crippen LogP contribution in [-0.4, -0.2) is 73.2 Å². The van der Waals surface area contributed by atoms with Crippen LogP contribution in [0.5, 0.6) is 0 Å². The number of nitrogens with zero attached hydrogens (tertiary/aromatic N) is 2. The molecule has 0 saturated carbocycles. The molecule has 0 radical (unpaired) electrons. The van der Waals surface area contributed by atoms with Crippen LogP contribution < -0.4 is 10.6 Å². The molecular formula is C26H37F3N4O2. The van der Waals surface area contributed by atoms with Crippen molar-refractivity contribution in [1.82, 2.24) is 15.1 Å². The Kier molecular flexibility index (Phi) is 10.5. The summed E-state index contributed by atoms with van der Waals surface area (Å²) in [4.78, 5) is 16.4. The Labute approximate surface area is 206 Å². The minimum atomic E-state index is -1.27. The normalized spacial score (nSPS) is 14.3. The van der Waals surface area contributed by atoms with Crippen LogP contribution in [0.3, 0.4) is 0 Å². The minimum Gasteiger partial charge on any atom is -0.385 e. The predicted molar refractivity (Wildman–Crippen MR) is 134 cm³/mol. The molecule has 3 rings (SSSR count). The summed E-state index contributed by atoms with van der Waals surface area (Å²) in [6, 6.07) is 6.29. The number of carbonyl (C=O) groups excluding carboxylic acids is 1. The molecule has 0 bridgehead atoms. The zero-order valence-electron chi connectivity index (χ0n) is 21.2. The molecule has 0 spiro atoms. The molecule has 2 aromatic carbocycles. The monoisotopic (exact) mass is 494 g/mol. The SMILES string of the molecule is CC.Cc1ccc(Nc2c(C(=O)N3CC(O)(CNCCCCN(C)C)C3)ccc(F)c2F)c(F)c1. The van der Waals surface area contributed by atoms with Crippen LogP contribution in [0, 0.1) is 24.4 Å². The molecule has 1 aliphatic heterocycles. The van der Waals surface area contributed by atoms with E-state index in [-0.39, 0.29) is 24.3 Å². The highest BCUT2D eigenvalue weighted by Gasteiger charge is 2.44. The Morgan fingerprint density at radius 3 is 2.40 bits per heavy atom. The van der Waals surface area contributed by atoms with Crippen molar-refractivity contribution >= 4 is 17.3 Å². The van der Waals surface area contributed by atoms with Crippen LogP contribution in [0.15, 0.2) is 30.3 Å². The molecule has 1 heterocycles. The van der Waals surface area contributed by atoms with Gasteiger partial charge in [0.25, 0.3) is 5.91 Å². The smallest absolute Gasteiger partial charge is 0.256 e. The van der Waals surface area contributed by atoms with Crippen LogP contribution >= 0.6 is 0 Å². The first kappa shape index (κ1) is 28.6. The fraction of sp³-hybridized carbons (Fsp3) is 0.500. The Bertz CT molecular complexity index is 995. The lowest BCUT2D eigenvalue weighted by atomic mass is 9.92. The number of rotatable bonds is 10. The van der Waals surface area contributed by atoms with Crippen LogP contribution in [-0.2, 0) is 0 Å². The van der Waals surface area contributed by atoms with Gasteiger partial charge in [0.05, 0.1) is 30.0 Å². The Morgan fingerprint density at radius 1 is 1.09 bits per heavy atom. The Morgan fingerprint density at radius 2 is 1.77 bits per heavy atom. The number of benzene rings is 2. The molecule has 9 heteroatoms. The van der Waals surface area contributed by atoms with Gasteiger partial charge in [0.15, 0.2) is 11.6 Å². The van der Waals surface area contributed by atoms with Gasteiger partial charge in [0.2, 0.25) is 0 Å². The summed E-state index contributed by atoms with van der Waals surface area (Å²) in [5, 5.41) is 16.4. The molecule has 3 N–H and O–H groups in total. The van der Waals surface area contributed by atoms with E-state index >= 15 is 0 Å². The van der Waals surface area contributed by atoms with Gasteiger partial charge in [-0.15, -0.1) is 0 Å². The van der Waals surface area contributed by atoms with Crippen LogP contribution in [0.2, 0.25) is 0 Å². The third kappa shape index (κ3) is 7.68. The third-order valence-electron chi connectivity index (χ3n) is 5.63. The zero-order valence-corrected chi connectivity index (χ0v) is 21.2. The van der Waals surface area contributed by atoms with Gasteiger partial charge < -0.3 is 25.5 Å². The average Bonchev–Trinajstić information content (AvgIpc) is 2.80. The molecule has 1 saturated heterocycles. The van der Waals surface area contributed by atoms with E-state index in [4.69, 9.17) is 0 Å². The highest BCUT2D eigenvalue weighted by molar-refractivity contribution is 6.01. The number of hydrogen-bond acceptors (Lipinski definition) is 5. The second kappa shape index (κ2) is 12.9. The number of likely N-dealkylation sites (tertiary alicyclic amines) is 1. The van der Waals surface area contributed by atoms with Crippen molar-refractivity contribution in [3.63, 3.8) is 0 Å². The summed E-state index contributed by atoms with van der Waals surface area (Å²) < 4.78 is 42.7. The molecule has 2 aromatic rings. The minimum absolute atomic E-state index is 0.0634. The lowest BCUT2D eigenvalue weighted by Crippen LogP contribution is -2.67. The lowest BCUT2D eigenvalue weighted by Gasteiger charge is -2.46. The van der Waals surface area contributed by atoms with Gasteiger partial charge in [-0.05, 0) is 76.8 Å². The van der Waals surface area contributed by atoms with Gasteiger partial charge in [-0.1, -0.05) is 19.9 Å². The lowest BCUT2D eigenvalue weighted by molar-refractivity contribution is -0.0784. The Hall–Kier alpha value is -2.62. The van der Waals surface area contributed by atoms with Crippen molar-refractivity contribution in [2.45, 2.75) is 39.2 Å². The molecule has 1 aliphatic rings. The van der Waals surface area contributed by atoms with E-state index in [0.29, 0.717) is 12.1 Å². The van der Waals surface area contributed by atoms with E-state index in [0.717, 1.165) is 38.1 Å². The predicted octanol–water partition coefficient (Wildman–Crippen LogP) is 4.30. The quantitative estimate of drug-likeness (QED) is 0.430. The van der Waals surface area contributed by atoms with Crippen molar-refractivity contribution in [2.24, 2.45) is 0 Å². The van der Waals surface area contributed by atoms with Gasteiger partial charge in [-0.2, -0.15) is 0 Å². The van der Waals surface area contributed by atoms with Gasteiger partial charge in [0.1, 0.15) is 11.4 Å².